The van der Waals surface area contributed by atoms with Gasteiger partial charge in [0.15, 0.2) is 11.6 Å². The van der Waals surface area contributed by atoms with Gasteiger partial charge >= 0.3 is 0 Å². The van der Waals surface area contributed by atoms with E-state index in [1.165, 1.54) is 25.3 Å². The van der Waals surface area contributed by atoms with Crippen molar-refractivity contribution in [3.8, 4) is 5.75 Å². The lowest BCUT2D eigenvalue weighted by atomic mass is 9.97. The number of nitrogens with zero attached hydrogens (tertiary/aromatic N) is 1. The first-order valence-electron chi connectivity index (χ1n) is 7.11. The molecule has 0 aromatic heterocycles. The van der Waals surface area contributed by atoms with Gasteiger partial charge in [-0.05, 0) is 36.6 Å². The number of hydrogen-bond acceptors (Lipinski definition) is 3. The Labute approximate surface area is 128 Å². The highest BCUT2D eigenvalue weighted by Gasteiger charge is 2.25. The van der Waals surface area contributed by atoms with Gasteiger partial charge in [-0.3, -0.25) is 9.59 Å². The summed E-state index contributed by atoms with van der Waals surface area (Å²) in [4.78, 5) is 24.9. The molecule has 1 fully saturated rings. The summed E-state index contributed by atoms with van der Waals surface area (Å²) >= 11 is 0. The standard InChI is InChI=1S/C16H19FN2O3/c1-22-14-6-4-11(9-13(14)17)5-7-15(20)19-8-2-3-12(10-19)16(18)21/h4-7,9,12H,2-3,8,10H2,1H3,(H2,18,21)/b7-5+. The fourth-order valence-corrected chi connectivity index (χ4v) is 2.47. The van der Waals surface area contributed by atoms with Crippen LogP contribution in [0.4, 0.5) is 4.39 Å². The highest BCUT2D eigenvalue weighted by atomic mass is 19.1. The van der Waals surface area contributed by atoms with E-state index in [-0.39, 0.29) is 23.5 Å². The van der Waals surface area contributed by atoms with Gasteiger partial charge in [0, 0.05) is 19.2 Å². The third-order valence-electron chi connectivity index (χ3n) is 3.73. The number of methoxy groups -OCH3 is 1. The number of primary amides is 1. The van der Waals surface area contributed by atoms with Crippen molar-refractivity contribution >= 4 is 17.9 Å². The minimum Gasteiger partial charge on any atom is -0.494 e. The molecular weight excluding hydrogens is 287 g/mol. The summed E-state index contributed by atoms with van der Waals surface area (Å²) in [5.74, 6) is -1.20. The van der Waals surface area contributed by atoms with Gasteiger partial charge in [0.1, 0.15) is 0 Å². The SMILES string of the molecule is COc1ccc(/C=C/C(=O)N2CCCC(C(N)=O)C2)cc1F. The molecule has 118 valence electrons. The summed E-state index contributed by atoms with van der Waals surface area (Å²) in [5, 5.41) is 0. The number of rotatable bonds is 4. The molecular formula is C16H19FN2O3. The largest absolute Gasteiger partial charge is 0.494 e. The van der Waals surface area contributed by atoms with Crippen molar-refractivity contribution in [3.05, 3.63) is 35.7 Å². The number of carbonyl (C=O) groups excluding carboxylic acids is 2. The molecule has 1 aliphatic heterocycles. The number of piperidine rings is 1. The number of amides is 2. The van der Waals surface area contributed by atoms with Gasteiger partial charge in [0.05, 0.1) is 13.0 Å². The Morgan fingerprint density at radius 2 is 2.23 bits per heavy atom. The van der Waals surface area contributed by atoms with Crippen LogP contribution in [0.2, 0.25) is 0 Å². The van der Waals surface area contributed by atoms with Crippen LogP contribution in [0.3, 0.4) is 0 Å². The number of halogens is 1. The van der Waals surface area contributed by atoms with Crippen LogP contribution in [0, 0.1) is 11.7 Å². The molecule has 0 radical (unpaired) electrons. The van der Waals surface area contributed by atoms with Crippen molar-refractivity contribution in [2.24, 2.45) is 11.7 Å². The molecule has 1 saturated heterocycles. The smallest absolute Gasteiger partial charge is 0.246 e. The lowest BCUT2D eigenvalue weighted by Crippen LogP contribution is -2.43. The Hall–Kier alpha value is -2.37. The second-order valence-electron chi connectivity index (χ2n) is 5.25. The number of ether oxygens (including phenoxy) is 1. The maximum Gasteiger partial charge on any atom is 0.246 e. The molecule has 22 heavy (non-hydrogen) atoms. The van der Waals surface area contributed by atoms with Crippen molar-refractivity contribution in [3.63, 3.8) is 0 Å². The van der Waals surface area contributed by atoms with Crippen molar-refractivity contribution in [1.82, 2.24) is 4.90 Å². The zero-order valence-corrected chi connectivity index (χ0v) is 12.4. The monoisotopic (exact) mass is 306 g/mol. The molecule has 6 heteroatoms. The van der Waals surface area contributed by atoms with Gasteiger partial charge in [0.2, 0.25) is 11.8 Å². The van der Waals surface area contributed by atoms with E-state index in [0.29, 0.717) is 25.1 Å². The number of benzene rings is 1. The van der Waals surface area contributed by atoms with Crippen LogP contribution < -0.4 is 10.5 Å². The number of nitrogens with two attached hydrogens (primary N) is 1. The molecule has 0 bridgehead atoms. The first-order valence-corrected chi connectivity index (χ1v) is 7.11. The maximum atomic E-state index is 13.6. The molecule has 1 unspecified atom stereocenters. The van der Waals surface area contributed by atoms with E-state index in [1.54, 1.807) is 17.0 Å². The molecule has 1 atom stereocenters. The van der Waals surface area contributed by atoms with E-state index in [4.69, 9.17) is 10.5 Å². The third-order valence-corrected chi connectivity index (χ3v) is 3.73. The van der Waals surface area contributed by atoms with Crippen molar-refractivity contribution in [2.75, 3.05) is 20.2 Å². The second-order valence-corrected chi connectivity index (χ2v) is 5.25. The molecule has 0 saturated carbocycles. The van der Waals surface area contributed by atoms with Crippen LogP contribution in [-0.2, 0) is 9.59 Å². The Morgan fingerprint density at radius 3 is 2.86 bits per heavy atom. The highest BCUT2D eigenvalue weighted by molar-refractivity contribution is 5.92. The van der Waals surface area contributed by atoms with Crippen LogP contribution >= 0.6 is 0 Å². The molecule has 2 N–H and O–H groups in total. The van der Waals surface area contributed by atoms with Gasteiger partial charge in [-0.25, -0.2) is 4.39 Å². The molecule has 0 aliphatic carbocycles. The van der Waals surface area contributed by atoms with E-state index in [9.17, 15) is 14.0 Å². The quantitative estimate of drug-likeness (QED) is 0.858. The van der Waals surface area contributed by atoms with Crippen LogP contribution in [0.15, 0.2) is 24.3 Å². The Morgan fingerprint density at radius 1 is 1.45 bits per heavy atom. The van der Waals surface area contributed by atoms with Gasteiger partial charge in [0.25, 0.3) is 0 Å². The van der Waals surface area contributed by atoms with E-state index in [2.05, 4.69) is 0 Å². The highest BCUT2D eigenvalue weighted by Crippen LogP contribution is 2.19. The number of hydrogen-bond donors (Lipinski definition) is 1. The second kappa shape index (κ2) is 7.06. The fraction of sp³-hybridized carbons (Fsp3) is 0.375. The Kier molecular flexibility index (Phi) is 5.14. The van der Waals surface area contributed by atoms with Crippen LogP contribution in [0.25, 0.3) is 6.08 Å². The predicted octanol–water partition coefficient (Wildman–Crippen LogP) is 1.57. The predicted molar refractivity (Wildman–Crippen MR) is 80.5 cm³/mol. The zero-order valence-electron chi connectivity index (χ0n) is 12.4. The number of likely N-dealkylation sites (tertiary alicyclic amines) is 1. The maximum absolute atomic E-state index is 13.6. The third kappa shape index (κ3) is 3.84. The Balaban J connectivity index is 2.01. The lowest BCUT2D eigenvalue weighted by molar-refractivity contribution is -0.130. The molecule has 2 rings (SSSR count). The molecule has 0 spiro atoms. The van der Waals surface area contributed by atoms with Crippen molar-refractivity contribution in [1.29, 1.82) is 0 Å². The van der Waals surface area contributed by atoms with E-state index >= 15 is 0 Å². The summed E-state index contributed by atoms with van der Waals surface area (Å²) < 4.78 is 18.4. The number of carbonyl (C=O) groups is 2. The van der Waals surface area contributed by atoms with Crippen molar-refractivity contribution < 1.29 is 18.7 Å². The summed E-state index contributed by atoms with van der Waals surface area (Å²) in [6.45, 7) is 0.944. The first-order chi connectivity index (χ1) is 10.5. The minimum atomic E-state index is -0.483. The molecule has 2 amide bonds. The molecule has 1 aromatic carbocycles. The molecule has 1 aromatic rings. The summed E-state index contributed by atoms with van der Waals surface area (Å²) in [6.07, 6.45) is 4.39. The van der Waals surface area contributed by atoms with Crippen LogP contribution in [0.5, 0.6) is 5.75 Å². The zero-order chi connectivity index (χ0) is 16.1. The van der Waals surface area contributed by atoms with Gasteiger partial charge < -0.3 is 15.4 Å². The lowest BCUT2D eigenvalue weighted by Gasteiger charge is -2.30. The molecule has 1 heterocycles. The van der Waals surface area contributed by atoms with E-state index in [0.717, 1.165) is 6.42 Å². The van der Waals surface area contributed by atoms with Crippen LogP contribution in [0.1, 0.15) is 18.4 Å². The van der Waals surface area contributed by atoms with Crippen molar-refractivity contribution in [2.45, 2.75) is 12.8 Å². The van der Waals surface area contributed by atoms with E-state index < -0.39 is 5.82 Å². The Bertz CT molecular complexity index is 601. The van der Waals surface area contributed by atoms with Gasteiger partial charge in [-0.2, -0.15) is 0 Å². The molecule has 1 aliphatic rings. The summed E-state index contributed by atoms with van der Waals surface area (Å²) in [5.41, 5.74) is 5.86. The fourth-order valence-electron chi connectivity index (χ4n) is 2.47. The summed E-state index contributed by atoms with van der Waals surface area (Å²) in [6, 6.07) is 4.46. The van der Waals surface area contributed by atoms with E-state index in [1.807, 2.05) is 0 Å². The minimum absolute atomic E-state index is 0.156. The van der Waals surface area contributed by atoms with Gasteiger partial charge in [-0.1, -0.05) is 6.07 Å². The molecule has 5 nitrogen and oxygen atoms in total. The van der Waals surface area contributed by atoms with Gasteiger partial charge in [-0.15, -0.1) is 0 Å². The van der Waals surface area contributed by atoms with Crippen LogP contribution in [-0.4, -0.2) is 36.9 Å². The topological polar surface area (TPSA) is 72.6 Å². The summed E-state index contributed by atoms with van der Waals surface area (Å²) in [7, 11) is 1.39. The average Bonchev–Trinajstić information content (AvgIpc) is 2.52. The normalized spacial score (nSPS) is 18.5. The average molecular weight is 306 g/mol. The first kappa shape index (κ1) is 16.0.